The van der Waals surface area contributed by atoms with E-state index in [0.29, 0.717) is 24.4 Å². The summed E-state index contributed by atoms with van der Waals surface area (Å²) in [7, 11) is -5.84. The predicted octanol–water partition coefficient (Wildman–Crippen LogP) is 3.00. The van der Waals surface area contributed by atoms with Crippen LogP contribution in [0.1, 0.15) is 24.8 Å². The average Bonchev–Trinajstić information content (AvgIpc) is 2.73. The van der Waals surface area contributed by atoms with Crippen LogP contribution in [0.2, 0.25) is 5.02 Å². The molecule has 1 aliphatic rings. The summed E-state index contributed by atoms with van der Waals surface area (Å²) in [5, 5.41) is 0.197. The van der Waals surface area contributed by atoms with Crippen LogP contribution < -0.4 is 9.46 Å². The van der Waals surface area contributed by atoms with E-state index in [1.165, 1.54) is 41.7 Å². The Kier molecular flexibility index (Phi) is 6.85. The standard InChI is InChI=1S/C19H23ClN2O5S2/c1-27-19-10-9-17(13-18(19)20)28(23,24)21-14-15-5-7-16(8-6-15)29(25,26)22-11-3-2-4-12-22/h5-10,13,21H,2-4,11-12,14H2,1H3. The van der Waals surface area contributed by atoms with Gasteiger partial charge in [0.2, 0.25) is 20.0 Å². The molecular formula is C19H23ClN2O5S2. The van der Waals surface area contributed by atoms with Gasteiger partial charge in [0.25, 0.3) is 0 Å². The maximum atomic E-state index is 12.7. The molecule has 0 bridgehead atoms. The normalized spacial score (nSPS) is 15.9. The van der Waals surface area contributed by atoms with Crippen molar-refractivity contribution in [3.05, 3.63) is 53.1 Å². The molecule has 1 N–H and O–H groups in total. The summed E-state index contributed by atoms with van der Waals surface area (Å²) >= 11 is 6.00. The summed E-state index contributed by atoms with van der Waals surface area (Å²) in [4.78, 5) is 0.237. The molecule has 29 heavy (non-hydrogen) atoms. The number of ether oxygens (including phenoxy) is 1. The SMILES string of the molecule is COc1ccc(S(=O)(=O)NCc2ccc(S(=O)(=O)N3CCCCC3)cc2)cc1Cl. The molecular weight excluding hydrogens is 436 g/mol. The van der Waals surface area contributed by atoms with Crippen LogP contribution in [0.5, 0.6) is 5.75 Å². The van der Waals surface area contributed by atoms with E-state index in [9.17, 15) is 16.8 Å². The minimum Gasteiger partial charge on any atom is -0.495 e. The zero-order valence-corrected chi connectivity index (χ0v) is 18.4. The maximum absolute atomic E-state index is 12.7. The second-order valence-electron chi connectivity index (χ2n) is 6.73. The van der Waals surface area contributed by atoms with E-state index in [2.05, 4.69) is 4.72 Å². The van der Waals surface area contributed by atoms with Crippen LogP contribution in [0.15, 0.2) is 52.3 Å². The highest BCUT2D eigenvalue weighted by molar-refractivity contribution is 7.89. The molecule has 1 fully saturated rings. The molecule has 2 aromatic carbocycles. The first kappa shape index (κ1) is 22.0. The van der Waals surface area contributed by atoms with Gasteiger partial charge in [-0.15, -0.1) is 0 Å². The Balaban J connectivity index is 1.69. The second-order valence-corrected chi connectivity index (χ2v) is 10.8. The molecule has 1 aliphatic heterocycles. The van der Waals surface area contributed by atoms with Crippen molar-refractivity contribution in [1.82, 2.24) is 9.03 Å². The van der Waals surface area contributed by atoms with E-state index in [1.54, 1.807) is 12.1 Å². The summed E-state index contributed by atoms with van der Waals surface area (Å²) in [5.41, 5.74) is 0.644. The van der Waals surface area contributed by atoms with Crippen LogP contribution >= 0.6 is 11.6 Å². The Morgan fingerprint density at radius 3 is 2.17 bits per heavy atom. The third-order valence-corrected chi connectivity index (χ3v) is 8.38. The molecule has 7 nitrogen and oxygen atoms in total. The third kappa shape index (κ3) is 5.10. The summed E-state index contributed by atoms with van der Waals surface area (Å²) in [6, 6.07) is 10.5. The molecule has 1 saturated heterocycles. The molecule has 1 heterocycles. The van der Waals surface area contributed by atoms with Gasteiger partial charge in [-0.25, -0.2) is 21.6 Å². The van der Waals surface area contributed by atoms with Crippen LogP contribution in [0.3, 0.4) is 0 Å². The van der Waals surface area contributed by atoms with Gasteiger partial charge in [-0.05, 0) is 48.7 Å². The van der Waals surface area contributed by atoms with E-state index in [1.807, 2.05) is 0 Å². The lowest BCUT2D eigenvalue weighted by Gasteiger charge is -2.25. The Labute approximate surface area is 176 Å². The molecule has 0 atom stereocenters. The Hall–Kier alpha value is -1.65. The van der Waals surface area contributed by atoms with Crippen molar-refractivity contribution in [2.24, 2.45) is 0 Å². The van der Waals surface area contributed by atoms with Crippen molar-refractivity contribution >= 4 is 31.6 Å². The van der Waals surface area contributed by atoms with E-state index in [-0.39, 0.29) is 21.4 Å². The molecule has 0 radical (unpaired) electrons. The van der Waals surface area contributed by atoms with Crippen molar-refractivity contribution in [1.29, 1.82) is 0 Å². The molecule has 0 spiro atoms. The van der Waals surface area contributed by atoms with Gasteiger partial charge in [-0.2, -0.15) is 4.31 Å². The summed E-state index contributed by atoms with van der Waals surface area (Å²) in [5.74, 6) is 0.385. The number of hydrogen-bond acceptors (Lipinski definition) is 5. The number of halogens is 1. The number of methoxy groups -OCH3 is 1. The van der Waals surface area contributed by atoms with Crippen LogP contribution in [0.25, 0.3) is 0 Å². The third-order valence-electron chi connectivity index (χ3n) is 4.78. The number of piperidine rings is 1. The van der Waals surface area contributed by atoms with Gasteiger partial charge in [-0.3, -0.25) is 0 Å². The lowest BCUT2D eigenvalue weighted by Crippen LogP contribution is -2.35. The molecule has 3 rings (SSSR count). The lowest BCUT2D eigenvalue weighted by atomic mass is 10.2. The Morgan fingerprint density at radius 2 is 1.59 bits per heavy atom. The van der Waals surface area contributed by atoms with Gasteiger partial charge < -0.3 is 4.74 Å². The fourth-order valence-corrected chi connectivity index (χ4v) is 5.99. The highest BCUT2D eigenvalue weighted by Gasteiger charge is 2.25. The van der Waals surface area contributed by atoms with Crippen LogP contribution in [0, 0.1) is 0 Å². The molecule has 10 heteroatoms. The van der Waals surface area contributed by atoms with Gasteiger partial charge in [0, 0.05) is 19.6 Å². The van der Waals surface area contributed by atoms with Crippen molar-refractivity contribution in [2.45, 2.75) is 35.6 Å². The van der Waals surface area contributed by atoms with Crippen molar-refractivity contribution in [3.8, 4) is 5.75 Å². The molecule has 0 aliphatic carbocycles. The first-order valence-electron chi connectivity index (χ1n) is 9.16. The minimum absolute atomic E-state index is 0.0209. The van der Waals surface area contributed by atoms with E-state index < -0.39 is 20.0 Å². The monoisotopic (exact) mass is 458 g/mol. The molecule has 0 saturated carbocycles. The maximum Gasteiger partial charge on any atom is 0.243 e. The average molecular weight is 459 g/mol. The number of nitrogens with zero attached hydrogens (tertiary/aromatic N) is 1. The first-order chi connectivity index (χ1) is 13.7. The second kappa shape index (κ2) is 9.01. The predicted molar refractivity (Wildman–Crippen MR) is 111 cm³/mol. The molecule has 0 aromatic heterocycles. The van der Waals surface area contributed by atoms with Crippen LogP contribution in [0.4, 0.5) is 0 Å². The van der Waals surface area contributed by atoms with Gasteiger partial charge in [0.1, 0.15) is 5.75 Å². The quantitative estimate of drug-likeness (QED) is 0.688. The summed E-state index contributed by atoms with van der Waals surface area (Å²) in [6.07, 6.45) is 2.79. The molecule has 0 unspecified atom stereocenters. The van der Waals surface area contributed by atoms with Crippen molar-refractivity contribution < 1.29 is 21.6 Å². The number of benzene rings is 2. The Bertz CT molecular complexity index is 1060. The number of nitrogens with one attached hydrogen (secondary N) is 1. The summed E-state index contributed by atoms with van der Waals surface area (Å²) in [6.45, 7) is 1.10. The zero-order chi connectivity index (χ0) is 21.1. The lowest BCUT2D eigenvalue weighted by molar-refractivity contribution is 0.346. The number of sulfonamides is 2. The smallest absolute Gasteiger partial charge is 0.243 e. The van der Waals surface area contributed by atoms with Gasteiger partial charge in [0.15, 0.2) is 0 Å². The van der Waals surface area contributed by atoms with Crippen LogP contribution in [-0.4, -0.2) is 41.3 Å². The number of hydrogen-bond donors (Lipinski definition) is 1. The Morgan fingerprint density at radius 1 is 0.966 bits per heavy atom. The molecule has 0 amide bonds. The van der Waals surface area contributed by atoms with Gasteiger partial charge in [0.05, 0.1) is 21.9 Å². The summed E-state index contributed by atoms with van der Waals surface area (Å²) < 4.78 is 59.3. The van der Waals surface area contributed by atoms with Gasteiger partial charge >= 0.3 is 0 Å². The topological polar surface area (TPSA) is 92.8 Å². The van der Waals surface area contributed by atoms with Crippen molar-refractivity contribution in [3.63, 3.8) is 0 Å². The van der Waals surface area contributed by atoms with Crippen LogP contribution in [-0.2, 0) is 26.6 Å². The fourth-order valence-electron chi connectivity index (χ4n) is 3.11. The largest absolute Gasteiger partial charge is 0.495 e. The molecule has 158 valence electrons. The minimum atomic E-state index is -3.78. The highest BCUT2D eigenvalue weighted by atomic mass is 35.5. The van der Waals surface area contributed by atoms with Crippen molar-refractivity contribution in [2.75, 3.05) is 20.2 Å². The van der Waals surface area contributed by atoms with E-state index in [0.717, 1.165) is 19.3 Å². The van der Waals surface area contributed by atoms with E-state index >= 15 is 0 Å². The zero-order valence-electron chi connectivity index (χ0n) is 16.0. The highest BCUT2D eigenvalue weighted by Crippen LogP contribution is 2.27. The molecule has 2 aromatic rings. The fraction of sp³-hybridized carbons (Fsp3) is 0.368. The van der Waals surface area contributed by atoms with Gasteiger partial charge in [-0.1, -0.05) is 30.2 Å². The first-order valence-corrected chi connectivity index (χ1v) is 12.5. The number of rotatable bonds is 7. The van der Waals surface area contributed by atoms with E-state index in [4.69, 9.17) is 16.3 Å².